The van der Waals surface area contributed by atoms with Crippen LogP contribution in [0.25, 0.3) is 0 Å². The number of nitrogens with zero attached hydrogens (tertiary/aromatic N) is 1. The number of ether oxygens (including phenoxy) is 1. The lowest BCUT2D eigenvalue weighted by Gasteiger charge is -2.09. The maximum Gasteiger partial charge on any atom is 0.337 e. The van der Waals surface area contributed by atoms with E-state index in [1.807, 2.05) is 0 Å². The lowest BCUT2D eigenvalue weighted by Crippen LogP contribution is -2.11. The third-order valence-electron chi connectivity index (χ3n) is 2.28. The molecule has 0 spiro atoms. The number of carboxylic acids is 1. The smallest absolute Gasteiger partial charge is 0.337 e. The van der Waals surface area contributed by atoms with E-state index in [-0.39, 0.29) is 11.4 Å². The Bertz CT molecular complexity index is 396. The number of carbonyl (C=O) groups is 1. The van der Waals surface area contributed by atoms with Crippen molar-refractivity contribution in [3.8, 4) is 0 Å². The maximum atomic E-state index is 11.0. The molecular formula is C12H19N3O3. The highest BCUT2D eigenvalue weighted by molar-refractivity contribution is 5.94. The number of hydrogen-bond donors (Lipinski definition) is 3. The number of aromatic carboxylic acids is 1. The molecule has 0 unspecified atom stereocenters. The fourth-order valence-electron chi connectivity index (χ4n) is 1.43. The van der Waals surface area contributed by atoms with Crippen LogP contribution in [0.4, 0.5) is 11.5 Å². The molecule has 0 saturated carbocycles. The number of nitrogens with two attached hydrogens (primary N) is 1. The lowest BCUT2D eigenvalue weighted by molar-refractivity contribution is 0.0698. The van der Waals surface area contributed by atoms with Gasteiger partial charge in [0.2, 0.25) is 0 Å². The molecule has 6 nitrogen and oxygen atoms in total. The first-order valence-electron chi connectivity index (χ1n) is 5.95. The summed E-state index contributed by atoms with van der Waals surface area (Å²) in [4.78, 5) is 14.9. The van der Waals surface area contributed by atoms with Gasteiger partial charge in [-0.15, -0.1) is 0 Å². The third kappa shape index (κ3) is 4.58. The topological polar surface area (TPSA) is 97.5 Å². The molecule has 1 aromatic heterocycles. The van der Waals surface area contributed by atoms with Crippen LogP contribution in [0, 0.1) is 0 Å². The van der Waals surface area contributed by atoms with E-state index >= 15 is 0 Å². The molecule has 1 aromatic rings. The number of carboxylic acid groups (broad SMARTS) is 1. The molecule has 4 N–H and O–H groups in total. The van der Waals surface area contributed by atoms with Crippen LogP contribution < -0.4 is 11.1 Å². The molecule has 0 atom stereocenters. The molecule has 6 heteroatoms. The van der Waals surface area contributed by atoms with Gasteiger partial charge in [0.25, 0.3) is 0 Å². The van der Waals surface area contributed by atoms with Gasteiger partial charge in [-0.3, -0.25) is 0 Å². The molecule has 0 fully saturated rings. The van der Waals surface area contributed by atoms with Crippen LogP contribution in [-0.4, -0.2) is 35.8 Å². The minimum Gasteiger partial charge on any atom is -0.478 e. The van der Waals surface area contributed by atoms with Gasteiger partial charge in [0.1, 0.15) is 5.82 Å². The van der Waals surface area contributed by atoms with Crippen molar-refractivity contribution >= 4 is 17.5 Å². The largest absolute Gasteiger partial charge is 0.478 e. The Hall–Kier alpha value is -1.82. The second-order valence-corrected chi connectivity index (χ2v) is 3.85. The molecule has 100 valence electrons. The summed E-state index contributed by atoms with van der Waals surface area (Å²) in [6.07, 6.45) is 3.24. The molecule has 1 heterocycles. The summed E-state index contributed by atoms with van der Waals surface area (Å²) in [6, 6.07) is 1.35. The molecule has 0 aromatic carbocycles. The summed E-state index contributed by atoms with van der Waals surface area (Å²) >= 11 is 0. The minimum absolute atomic E-state index is 0.136. The van der Waals surface area contributed by atoms with Crippen LogP contribution in [0.2, 0.25) is 0 Å². The Morgan fingerprint density at radius 1 is 1.56 bits per heavy atom. The van der Waals surface area contributed by atoms with Crippen molar-refractivity contribution < 1.29 is 14.6 Å². The van der Waals surface area contributed by atoms with Crippen molar-refractivity contribution in [1.29, 1.82) is 0 Å². The van der Waals surface area contributed by atoms with Crippen LogP contribution in [0.3, 0.4) is 0 Å². The average molecular weight is 253 g/mol. The molecule has 0 aliphatic heterocycles. The Kier molecular flexibility index (Phi) is 5.93. The van der Waals surface area contributed by atoms with Gasteiger partial charge in [-0.25, -0.2) is 9.78 Å². The zero-order valence-corrected chi connectivity index (χ0v) is 10.5. The second-order valence-electron chi connectivity index (χ2n) is 3.85. The summed E-state index contributed by atoms with van der Waals surface area (Å²) in [5.74, 6) is -0.821. The zero-order valence-electron chi connectivity index (χ0n) is 10.5. The number of nitrogen functional groups attached to an aromatic ring is 1. The van der Waals surface area contributed by atoms with Crippen molar-refractivity contribution in [2.24, 2.45) is 0 Å². The number of anilines is 2. The van der Waals surface area contributed by atoms with E-state index in [2.05, 4.69) is 17.2 Å². The maximum absolute atomic E-state index is 11.0. The first-order chi connectivity index (χ1) is 8.65. The van der Waals surface area contributed by atoms with Gasteiger partial charge in [-0.2, -0.15) is 0 Å². The van der Waals surface area contributed by atoms with Crippen molar-refractivity contribution in [2.75, 3.05) is 30.8 Å². The fraction of sp³-hybridized carbons (Fsp3) is 0.500. The summed E-state index contributed by atoms with van der Waals surface area (Å²) in [6.45, 7) is 4.10. The summed E-state index contributed by atoms with van der Waals surface area (Å²) in [5.41, 5.74) is 6.07. The van der Waals surface area contributed by atoms with Gasteiger partial charge in [0, 0.05) is 19.8 Å². The van der Waals surface area contributed by atoms with E-state index in [9.17, 15) is 4.79 Å². The van der Waals surface area contributed by atoms with Crippen molar-refractivity contribution in [2.45, 2.75) is 19.8 Å². The number of pyridine rings is 1. The third-order valence-corrected chi connectivity index (χ3v) is 2.28. The van der Waals surface area contributed by atoms with E-state index in [0.29, 0.717) is 18.8 Å². The van der Waals surface area contributed by atoms with Crippen molar-refractivity contribution in [3.05, 3.63) is 17.8 Å². The van der Waals surface area contributed by atoms with Gasteiger partial charge in [0.15, 0.2) is 0 Å². The number of nitrogens with one attached hydrogen (secondary N) is 1. The molecule has 0 aliphatic rings. The second kappa shape index (κ2) is 7.50. The highest BCUT2D eigenvalue weighted by Crippen LogP contribution is 2.16. The predicted octanol–water partition coefficient (Wildman–Crippen LogP) is 1.59. The molecule has 0 bridgehead atoms. The highest BCUT2D eigenvalue weighted by atomic mass is 16.5. The Balaban J connectivity index is 2.44. The molecule has 0 radical (unpaired) electrons. The quantitative estimate of drug-likeness (QED) is 0.609. The van der Waals surface area contributed by atoms with E-state index < -0.39 is 5.97 Å². The first kappa shape index (κ1) is 14.2. The monoisotopic (exact) mass is 253 g/mol. The van der Waals surface area contributed by atoms with Gasteiger partial charge < -0.3 is 20.9 Å². The SMILES string of the molecule is CCCOCCCNc1cnc(N)cc1C(=O)O. The van der Waals surface area contributed by atoms with E-state index in [0.717, 1.165) is 19.4 Å². The van der Waals surface area contributed by atoms with E-state index in [1.54, 1.807) is 0 Å². The first-order valence-corrected chi connectivity index (χ1v) is 5.95. The van der Waals surface area contributed by atoms with Crippen LogP contribution in [0.1, 0.15) is 30.1 Å². The minimum atomic E-state index is -1.02. The van der Waals surface area contributed by atoms with Gasteiger partial charge >= 0.3 is 5.97 Å². The van der Waals surface area contributed by atoms with Gasteiger partial charge in [-0.05, 0) is 18.9 Å². The van der Waals surface area contributed by atoms with Crippen molar-refractivity contribution in [1.82, 2.24) is 4.98 Å². The standard InChI is InChI=1S/C12H19N3O3/c1-2-5-18-6-3-4-14-10-8-15-11(13)7-9(10)12(16)17/h7-8,14H,2-6H2,1H3,(H2,13,15)(H,16,17). The zero-order chi connectivity index (χ0) is 13.4. The molecule has 18 heavy (non-hydrogen) atoms. The van der Waals surface area contributed by atoms with Crippen molar-refractivity contribution in [3.63, 3.8) is 0 Å². The number of aromatic nitrogens is 1. The van der Waals surface area contributed by atoms with Gasteiger partial charge in [-0.1, -0.05) is 6.92 Å². The Morgan fingerprint density at radius 2 is 2.33 bits per heavy atom. The summed E-state index contributed by atoms with van der Waals surface area (Å²) < 4.78 is 5.33. The van der Waals surface area contributed by atoms with E-state index in [1.165, 1.54) is 12.3 Å². The number of hydrogen-bond acceptors (Lipinski definition) is 5. The van der Waals surface area contributed by atoms with Crippen LogP contribution in [0.15, 0.2) is 12.3 Å². The van der Waals surface area contributed by atoms with E-state index in [4.69, 9.17) is 15.6 Å². The molecule has 1 rings (SSSR count). The fourth-order valence-corrected chi connectivity index (χ4v) is 1.43. The summed E-state index contributed by atoms with van der Waals surface area (Å²) in [7, 11) is 0. The predicted molar refractivity (Wildman–Crippen MR) is 69.8 cm³/mol. The molecule has 0 amide bonds. The van der Waals surface area contributed by atoms with Crippen LogP contribution in [0.5, 0.6) is 0 Å². The molecule has 0 aliphatic carbocycles. The average Bonchev–Trinajstić information content (AvgIpc) is 2.35. The number of rotatable bonds is 8. The van der Waals surface area contributed by atoms with Crippen LogP contribution in [-0.2, 0) is 4.74 Å². The molecular weight excluding hydrogens is 234 g/mol. The Morgan fingerprint density at radius 3 is 3.00 bits per heavy atom. The lowest BCUT2D eigenvalue weighted by atomic mass is 10.2. The summed E-state index contributed by atoms with van der Waals surface area (Å²) in [5, 5.41) is 12.0. The van der Waals surface area contributed by atoms with Crippen LogP contribution >= 0.6 is 0 Å². The van der Waals surface area contributed by atoms with Gasteiger partial charge in [0.05, 0.1) is 17.4 Å². The normalized spacial score (nSPS) is 10.3. The highest BCUT2D eigenvalue weighted by Gasteiger charge is 2.10. The Labute approximate surface area is 106 Å². The molecule has 0 saturated heterocycles.